The maximum absolute atomic E-state index is 4.40. The Morgan fingerprint density at radius 3 is 2.76 bits per heavy atom. The number of pyridine rings is 1. The van der Waals surface area contributed by atoms with E-state index >= 15 is 0 Å². The van der Waals surface area contributed by atoms with E-state index in [0.29, 0.717) is 6.04 Å². The summed E-state index contributed by atoms with van der Waals surface area (Å²) in [6.45, 7) is 6.33. The summed E-state index contributed by atoms with van der Waals surface area (Å²) in [4.78, 5) is 6.84. The van der Waals surface area contributed by atoms with Gasteiger partial charge in [-0.1, -0.05) is 6.07 Å². The molecule has 0 spiro atoms. The van der Waals surface area contributed by atoms with Crippen LogP contribution in [0, 0.1) is 5.92 Å². The van der Waals surface area contributed by atoms with Crippen molar-refractivity contribution in [1.29, 1.82) is 0 Å². The van der Waals surface area contributed by atoms with Gasteiger partial charge in [0, 0.05) is 25.3 Å². The summed E-state index contributed by atoms with van der Waals surface area (Å²) in [6.07, 6.45) is 4.79. The lowest BCUT2D eigenvalue weighted by Gasteiger charge is -2.24. The zero-order chi connectivity index (χ0) is 12.3. The van der Waals surface area contributed by atoms with E-state index in [1.807, 2.05) is 6.20 Å². The average molecular weight is 233 g/mol. The summed E-state index contributed by atoms with van der Waals surface area (Å²) in [5.74, 6) is 1.89. The van der Waals surface area contributed by atoms with Crippen molar-refractivity contribution in [2.45, 2.75) is 39.3 Å². The molecule has 1 aliphatic rings. The van der Waals surface area contributed by atoms with Crippen LogP contribution in [0.4, 0.5) is 5.82 Å². The Hall–Kier alpha value is -1.09. The van der Waals surface area contributed by atoms with Crippen LogP contribution in [-0.2, 0) is 6.54 Å². The highest BCUT2D eigenvalue weighted by molar-refractivity contribution is 5.35. The fourth-order valence-corrected chi connectivity index (χ4v) is 2.17. The van der Waals surface area contributed by atoms with E-state index in [-0.39, 0.29) is 0 Å². The molecule has 1 atom stereocenters. The molecule has 0 aromatic carbocycles. The summed E-state index contributed by atoms with van der Waals surface area (Å²) >= 11 is 0. The highest BCUT2D eigenvalue weighted by Gasteiger charge is 2.30. The topological polar surface area (TPSA) is 28.2 Å². The molecular formula is C14H23N3. The largest absolute Gasteiger partial charge is 0.370 e. The predicted molar refractivity (Wildman–Crippen MR) is 72.1 cm³/mol. The maximum Gasteiger partial charge on any atom is 0.125 e. The van der Waals surface area contributed by atoms with Crippen molar-refractivity contribution in [1.82, 2.24) is 9.88 Å². The monoisotopic (exact) mass is 233 g/mol. The fraction of sp³-hybridized carbons (Fsp3) is 0.643. The highest BCUT2D eigenvalue weighted by atomic mass is 15.1. The van der Waals surface area contributed by atoms with Crippen LogP contribution in [0.25, 0.3) is 0 Å². The van der Waals surface area contributed by atoms with E-state index in [1.54, 1.807) is 0 Å². The minimum Gasteiger partial charge on any atom is -0.370 e. The Labute approximate surface area is 104 Å². The Morgan fingerprint density at radius 1 is 1.47 bits per heavy atom. The van der Waals surface area contributed by atoms with E-state index in [2.05, 4.69) is 48.2 Å². The van der Waals surface area contributed by atoms with Crippen LogP contribution in [-0.4, -0.2) is 29.5 Å². The zero-order valence-electron chi connectivity index (χ0n) is 11.1. The fourth-order valence-electron chi connectivity index (χ4n) is 2.17. The van der Waals surface area contributed by atoms with E-state index in [1.165, 1.54) is 18.4 Å². The maximum atomic E-state index is 4.40. The van der Waals surface area contributed by atoms with Gasteiger partial charge in [-0.3, -0.25) is 4.90 Å². The van der Waals surface area contributed by atoms with Crippen molar-refractivity contribution in [2.75, 3.05) is 18.9 Å². The van der Waals surface area contributed by atoms with Crippen LogP contribution in [0.1, 0.15) is 32.3 Å². The minimum absolute atomic E-state index is 0.698. The lowest BCUT2D eigenvalue weighted by molar-refractivity contribution is 0.226. The molecular weight excluding hydrogens is 210 g/mol. The molecule has 1 aromatic heterocycles. The van der Waals surface area contributed by atoms with Crippen molar-refractivity contribution in [3.63, 3.8) is 0 Å². The summed E-state index contributed by atoms with van der Waals surface area (Å²) in [5.41, 5.74) is 1.29. The van der Waals surface area contributed by atoms with E-state index in [0.717, 1.165) is 24.8 Å². The Bertz CT molecular complexity index is 343. The molecule has 0 bridgehead atoms. The van der Waals surface area contributed by atoms with Gasteiger partial charge in [0.2, 0.25) is 0 Å². The van der Waals surface area contributed by atoms with Crippen LogP contribution in [0.3, 0.4) is 0 Å². The van der Waals surface area contributed by atoms with Crippen molar-refractivity contribution < 1.29 is 0 Å². The first-order chi connectivity index (χ1) is 8.20. The first kappa shape index (κ1) is 12.4. The third-order valence-corrected chi connectivity index (χ3v) is 3.61. The molecule has 94 valence electrons. The van der Waals surface area contributed by atoms with Crippen molar-refractivity contribution in [2.24, 2.45) is 5.92 Å². The molecule has 1 aromatic rings. The van der Waals surface area contributed by atoms with Gasteiger partial charge in [0.15, 0.2) is 0 Å². The van der Waals surface area contributed by atoms with Gasteiger partial charge in [-0.2, -0.15) is 0 Å². The second-order valence-electron chi connectivity index (χ2n) is 5.08. The summed E-state index contributed by atoms with van der Waals surface area (Å²) in [7, 11) is 2.21. The van der Waals surface area contributed by atoms with Crippen LogP contribution >= 0.6 is 0 Å². The number of rotatable bonds is 6. The molecule has 3 nitrogen and oxygen atoms in total. The van der Waals surface area contributed by atoms with Gasteiger partial charge >= 0.3 is 0 Å². The standard InChI is InChI=1S/C14H23N3/c1-4-15-14-8-5-12(9-16-14)10-17(3)11(2)13-6-7-13/h5,8-9,11,13H,4,6-7,10H2,1-3H3,(H,15,16). The molecule has 1 fully saturated rings. The molecule has 0 radical (unpaired) electrons. The summed E-state index contributed by atoms with van der Waals surface area (Å²) < 4.78 is 0. The number of aromatic nitrogens is 1. The van der Waals surface area contributed by atoms with Crippen molar-refractivity contribution in [3.05, 3.63) is 23.9 Å². The SMILES string of the molecule is CCNc1ccc(CN(C)C(C)C2CC2)cn1. The van der Waals surface area contributed by atoms with Gasteiger partial charge in [0.25, 0.3) is 0 Å². The normalized spacial score (nSPS) is 17.2. The predicted octanol–water partition coefficient (Wildman–Crippen LogP) is 2.74. The van der Waals surface area contributed by atoms with Gasteiger partial charge in [0.05, 0.1) is 0 Å². The third-order valence-electron chi connectivity index (χ3n) is 3.61. The molecule has 1 aliphatic carbocycles. The second kappa shape index (κ2) is 5.50. The van der Waals surface area contributed by atoms with Crippen LogP contribution in [0.5, 0.6) is 0 Å². The average Bonchev–Trinajstić information content (AvgIpc) is 3.15. The zero-order valence-corrected chi connectivity index (χ0v) is 11.1. The summed E-state index contributed by atoms with van der Waals surface area (Å²) in [5, 5.41) is 3.21. The molecule has 1 unspecified atom stereocenters. The van der Waals surface area contributed by atoms with E-state index in [9.17, 15) is 0 Å². The number of anilines is 1. The van der Waals surface area contributed by atoms with Crippen LogP contribution in [0.2, 0.25) is 0 Å². The Morgan fingerprint density at radius 2 is 2.24 bits per heavy atom. The summed E-state index contributed by atoms with van der Waals surface area (Å²) in [6, 6.07) is 4.93. The van der Waals surface area contributed by atoms with E-state index in [4.69, 9.17) is 0 Å². The number of hydrogen-bond donors (Lipinski definition) is 1. The molecule has 0 saturated heterocycles. The van der Waals surface area contributed by atoms with Crippen molar-refractivity contribution in [3.8, 4) is 0 Å². The lowest BCUT2D eigenvalue weighted by atomic mass is 10.1. The van der Waals surface area contributed by atoms with Gasteiger partial charge < -0.3 is 5.32 Å². The van der Waals surface area contributed by atoms with Gasteiger partial charge in [-0.05, 0) is 51.3 Å². The van der Waals surface area contributed by atoms with Gasteiger partial charge in [0.1, 0.15) is 5.82 Å². The molecule has 3 heteroatoms. The first-order valence-electron chi connectivity index (χ1n) is 6.59. The third kappa shape index (κ3) is 3.43. The molecule has 17 heavy (non-hydrogen) atoms. The Balaban J connectivity index is 1.88. The van der Waals surface area contributed by atoms with Crippen LogP contribution in [0.15, 0.2) is 18.3 Å². The van der Waals surface area contributed by atoms with Gasteiger partial charge in [-0.15, -0.1) is 0 Å². The van der Waals surface area contributed by atoms with E-state index < -0.39 is 0 Å². The Kier molecular flexibility index (Phi) is 4.00. The molecule has 1 saturated carbocycles. The number of hydrogen-bond acceptors (Lipinski definition) is 3. The second-order valence-corrected chi connectivity index (χ2v) is 5.08. The molecule has 2 rings (SSSR count). The number of nitrogens with zero attached hydrogens (tertiary/aromatic N) is 2. The molecule has 0 amide bonds. The minimum atomic E-state index is 0.698. The molecule has 0 aliphatic heterocycles. The first-order valence-corrected chi connectivity index (χ1v) is 6.59. The highest BCUT2D eigenvalue weighted by Crippen LogP contribution is 2.35. The molecule has 1 heterocycles. The van der Waals surface area contributed by atoms with Gasteiger partial charge in [-0.25, -0.2) is 4.98 Å². The van der Waals surface area contributed by atoms with Crippen molar-refractivity contribution >= 4 is 5.82 Å². The van der Waals surface area contributed by atoms with Crippen LogP contribution < -0.4 is 5.32 Å². The molecule has 1 N–H and O–H groups in total. The lowest BCUT2D eigenvalue weighted by Crippen LogP contribution is -2.30. The quantitative estimate of drug-likeness (QED) is 0.819. The number of nitrogens with one attached hydrogen (secondary N) is 1. The smallest absolute Gasteiger partial charge is 0.125 e.